The summed E-state index contributed by atoms with van der Waals surface area (Å²) in [7, 11) is 0. The minimum atomic E-state index is -0.254. The number of carbonyl (C=O) groups excluding carboxylic acids is 1. The molecule has 0 aliphatic heterocycles. The van der Waals surface area contributed by atoms with Crippen LogP contribution in [0.5, 0.6) is 0 Å². The maximum Gasteiger partial charge on any atom is 0.262 e. The van der Waals surface area contributed by atoms with E-state index < -0.39 is 0 Å². The van der Waals surface area contributed by atoms with Crippen LogP contribution in [0.3, 0.4) is 0 Å². The summed E-state index contributed by atoms with van der Waals surface area (Å²) < 4.78 is 11.9. The van der Waals surface area contributed by atoms with Gasteiger partial charge < -0.3 is 14.6 Å². The van der Waals surface area contributed by atoms with Crippen LogP contribution in [-0.4, -0.2) is 39.1 Å². The first kappa shape index (κ1) is 20.1. The molecule has 2 heterocycles. The van der Waals surface area contributed by atoms with Gasteiger partial charge in [-0.05, 0) is 32.4 Å². The Morgan fingerprint density at radius 2 is 2.14 bits per heavy atom. The normalized spacial score (nSPS) is 11.2. The van der Waals surface area contributed by atoms with E-state index in [0.717, 1.165) is 0 Å². The van der Waals surface area contributed by atoms with Gasteiger partial charge in [0.15, 0.2) is 11.0 Å². The summed E-state index contributed by atoms with van der Waals surface area (Å²) in [6.45, 7) is 4.96. The predicted octanol–water partition coefficient (Wildman–Crippen LogP) is 2.93. The molecule has 9 heteroatoms. The number of hydrogen-bond donors (Lipinski definition) is 1. The molecule has 0 saturated heterocycles. The van der Waals surface area contributed by atoms with Crippen LogP contribution < -0.4 is 10.9 Å². The van der Waals surface area contributed by atoms with Crippen LogP contribution in [0.15, 0.2) is 51.1 Å². The van der Waals surface area contributed by atoms with E-state index in [2.05, 4.69) is 15.5 Å². The summed E-state index contributed by atoms with van der Waals surface area (Å²) in [6.07, 6.45) is 2.20. The molecule has 0 bridgehead atoms. The highest BCUT2D eigenvalue weighted by molar-refractivity contribution is 7.99. The molecule has 148 valence electrons. The fourth-order valence-corrected chi connectivity index (χ4v) is 3.41. The molecule has 0 aliphatic carbocycles. The van der Waals surface area contributed by atoms with E-state index in [1.54, 1.807) is 22.8 Å². The first-order valence-electron chi connectivity index (χ1n) is 8.99. The fourth-order valence-electron chi connectivity index (χ4n) is 2.58. The smallest absolute Gasteiger partial charge is 0.262 e. The lowest BCUT2D eigenvalue weighted by molar-refractivity contribution is -0.113. The third kappa shape index (κ3) is 5.20. The van der Waals surface area contributed by atoms with Gasteiger partial charge in [0, 0.05) is 19.2 Å². The Bertz CT molecular complexity index is 985. The summed E-state index contributed by atoms with van der Waals surface area (Å²) in [6, 6.07) is 8.76. The summed E-state index contributed by atoms with van der Waals surface area (Å²) in [5.41, 5.74) is 0.496. The van der Waals surface area contributed by atoms with Gasteiger partial charge in [0.2, 0.25) is 5.91 Å². The highest BCUT2D eigenvalue weighted by Gasteiger charge is 2.14. The van der Waals surface area contributed by atoms with E-state index in [1.165, 1.54) is 18.0 Å². The Morgan fingerprint density at radius 3 is 2.89 bits per heavy atom. The first-order chi connectivity index (χ1) is 13.5. The number of benzene rings is 1. The molecule has 1 aromatic carbocycles. The number of rotatable bonds is 9. The van der Waals surface area contributed by atoms with Crippen molar-refractivity contribution in [2.24, 2.45) is 0 Å². The monoisotopic (exact) mass is 402 g/mol. The Kier molecular flexibility index (Phi) is 6.83. The average Bonchev–Trinajstić information content (AvgIpc) is 3.18. The molecule has 3 rings (SSSR count). The molecule has 28 heavy (non-hydrogen) atoms. The lowest BCUT2D eigenvalue weighted by Gasteiger charge is -2.13. The van der Waals surface area contributed by atoms with Crippen LogP contribution >= 0.6 is 11.8 Å². The van der Waals surface area contributed by atoms with Crippen LogP contribution in [0, 0.1) is 0 Å². The van der Waals surface area contributed by atoms with E-state index in [4.69, 9.17) is 9.26 Å². The van der Waals surface area contributed by atoms with E-state index in [1.807, 2.05) is 26.0 Å². The number of ether oxygens (including phenoxy) is 1. The van der Waals surface area contributed by atoms with Gasteiger partial charge in [0.05, 0.1) is 22.8 Å². The number of hydrogen-bond acceptors (Lipinski definition) is 7. The van der Waals surface area contributed by atoms with Crippen LogP contribution in [0.1, 0.15) is 20.3 Å². The van der Waals surface area contributed by atoms with Crippen molar-refractivity contribution in [3.8, 4) is 0 Å². The molecule has 2 aromatic heterocycles. The maximum atomic E-state index is 12.9. The largest absolute Gasteiger partial charge is 0.379 e. The van der Waals surface area contributed by atoms with Gasteiger partial charge in [-0.15, -0.1) is 0 Å². The molecular weight excluding hydrogens is 380 g/mol. The topological polar surface area (TPSA) is 99.2 Å². The summed E-state index contributed by atoms with van der Waals surface area (Å²) in [4.78, 5) is 29.6. The number of carbonyl (C=O) groups is 1. The molecule has 3 aromatic rings. The van der Waals surface area contributed by atoms with E-state index in [-0.39, 0.29) is 23.3 Å². The van der Waals surface area contributed by atoms with Crippen molar-refractivity contribution in [3.63, 3.8) is 0 Å². The van der Waals surface area contributed by atoms with Gasteiger partial charge in [-0.3, -0.25) is 14.2 Å². The first-order valence-corrected chi connectivity index (χ1v) is 9.97. The molecule has 0 fully saturated rings. The van der Waals surface area contributed by atoms with Crippen LogP contribution in [0.4, 0.5) is 5.82 Å². The van der Waals surface area contributed by atoms with Crippen molar-refractivity contribution < 1.29 is 14.1 Å². The minimum absolute atomic E-state index is 0.0974. The van der Waals surface area contributed by atoms with Crippen molar-refractivity contribution in [1.82, 2.24) is 14.7 Å². The number of nitrogens with zero attached hydrogens (tertiary/aromatic N) is 3. The lowest BCUT2D eigenvalue weighted by Crippen LogP contribution is -2.25. The average molecular weight is 402 g/mol. The lowest BCUT2D eigenvalue weighted by atomic mass is 10.2. The Hall–Kier alpha value is -2.65. The van der Waals surface area contributed by atoms with E-state index >= 15 is 0 Å². The van der Waals surface area contributed by atoms with Crippen molar-refractivity contribution in [3.05, 3.63) is 46.9 Å². The highest BCUT2D eigenvalue weighted by Crippen LogP contribution is 2.18. The molecule has 0 aliphatic rings. The zero-order valence-electron chi connectivity index (χ0n) is 15.8. The second-order valence-electron chi connectivity index (χ2n) is 6.36. The standard InChI is InChI=1S/C19H22N4O4S/c1-13(2)26-10-5-9-23-18(25)14-6-3-4-7-15(14)20-19(23)28-12-17(24)21-16-8-11-27-22-16/h3-4,6-8,11,13H,5,9-10,12H2,1-2H3,(H,21,22,24). The highest BCUT2D eigenvalue weighted by atomic mass is 32.2. The molecule has 1 amide bonds. The van der Waals surface area contributed by atoms with Gasteiger partial charge in [-0.25, -0.2) is 4.98 Å². The number of amides is 1. The number of anilines is 1. The van der Waals surface area contributed by atoms with Crippen molar-refractivity contribution in [2.45, 2.75) is 38.1 Å². The fraction of sp³-hybridized carbons (Fsp3) is 0.368. The molecule has 0 saturated carbocycles. The Labute approximate surface area is 166 Å². The number of para-hydroxylation sites is 1. The molecule has 1 N–H and O–H groups in total. The van der Waals surface area contributed by atoms with Crippen LogP contribution in [0.25, 0.3) is 10.9 Å². The number of thioether (sulfide) groups is 1. The quantitative estimate of drug-likeness (QED) is 0.334. The molecule has 0 radical (unpaired) electrons. The van der Waals surface area contributed by atoms with Crippen molar-refractivity contribution in [2.75, 3.05) is 17.7 Å². The molecule has 0 atom stereocenters. The number of fused-ring (bicyclic) bond motifs is 1. The minimum Gasteiger partial charge on any atom is -0.379 e. The summed E-state index contributed by atoms with van der Waals surface area (Å²) in [5, 5.41) is 7.34. The van der Waals surface area contributed by atoms with Crippen molar-refractivity contribution >= 4 is 34.4 Å². The SMILES string of the molecule is CC(C)OCCCn1c(SCC(=O)Nc2ccon2)nc2ccccc2c1=O. The van der Waals surface area contributed by atoms with E-state index in [9.17, 15) is 9.59 Å². The second-order valence-corrected chi connectivity index (χ2v) is 7.31. The summed E-state index contributed by atoms with van der Waals surface area (Å²) >= 11 is 1.21. The second kappa shape index (κ2) is 9.52. The molecule has 0 spiro atoms. The number of nitrogens with one attached hydrogen (secondary N) is 1. The summed E-state index contributed by atoms with van der Waals surface area (Å²) in [5.74, 6) is 0.191. The van der Waals surface area contributed by atoms with Gasteiger partial charge >= 0.3 is 0 Å². The Balaban J connectivity index is 1.77. The van der Waals surface area contributed by atoms with Crippen LogP contribution in [-0.2, 0) is 16.1 Å². The molecule has 0 unspecified atom stereocenters. The van der Waals surface area contributed by atoms with Gasteiger partial charge in [0.1, 0.15) is 6.26 Å². The Morgan fingerprint density at radius 1 is 1.32 bits per heavy atom. The van der Waals surface area contributed by atoms with Gasteiger partial charge in [-0.1, -0.05) is 29.1 Å². The maximum absolute atomic E-state index is 12.9. The molecular formula is C19H22N4O4S. The third-order valence-electron chi connectivity index (χ3n) is 3.84. The van der Waals surface area contributed by atoms with Crippen LogP contribution in [0.2, 0.25) is 0 Å². The predicted molar refractivity (Wildman–Crippen MR) is 108 cm³/mol. The molecule has 8 nitrogen and oxygen atoms in total. The third-order valence-corrected chi connectivity index (χ3v) is 4.82. The zero-order valence-corrected chi connectivity index (χ0v) is 16.6. The van der Waals surface area contributed by atoms with Crippen molar-refractivity contribution in [1.29, 1.82) is 0 Å². The zero-order chi connectivity index (χ0) is 19.9. The van der Waals surface area contributed by atoms with Gasteiger partial charge in [-0.2, -0.15) is 0 Å². The van der Waals surface area contributed by atoms with Gasteiger partial charge in [0.25, 0.3) is 5.56 Å². The van der Waals surface area contributed by atoms with E-state index in [0.29, 0.717) is 41.4 Å². The number of aromatic nitrogens is 3.